The molecule has 5 rings (SSSR count). The number of alkyl halides is 3. The monoisotopic (exact) mass is 494 g/mol. The lowest BCUT2D eigenvalue weighted by Crippen LogP contribution is -2.21. The molecule has 0 unspecified atom stereocenters. The molecule has 0 fully saturated rings. The number of hydrogen-bond acceptors (Lipinski definition) is 6. The number of H-pyrrole nitrogens is 1. The van der Waals surface area contributed by atoms with Gasteiger partial charge in [-0.3, -0.25) is 9.59 Å². The molecule has 0 radical (unpaired) electrons. The van der Waals surface area contributed by atoms with Gasteiger partial charge in [0.1, 0.15) is 0 Å². The fourth-order valence-electron chi connectivity index (χ4n) is 3.90. The third kappa shape index (κ3) is 3.89. The number of rotatable bonds is 4. The van der Waals surface area contributed by atoms with Gasteiger partial charge in [0.25, 0.3) is 11.5 Å². The number of aromatic amines is 1. The van der Waals surface area contributed by atoms with Gasteiger partial charge < -0.3 is 10.3 Å². The highest BCUT2D eigenvalue weighted by Crippen LogP contribution is 2.35. The van der Waals surface area contributed by atoms with Crippen molar-refractivity contribution < 1.29 is 18.0 Å². The van der Waals surface area contributed by atoms with E-state index in [1.807, 2.05) is 0 Å². The lowest BCUT2D eigenvalue weighted by atomic mass is 10.1. The number of nitrogens with zero attached hydrogens (tertiary/aromatic N) is 6. The third-order valence-corrected chi connectivity index (χ3v) is 5.54. The summed E-state index contributed by atoms with van der Waals surface area (Å²) in [4.78, 5) is 33.3. The lowest BCUT2D eigenvalue weighted by molar-refractivity contribution is -0.143. The van der Waals surface area contributed by atoms with Crippen molar-refractivity contribution in [1.29, 1.82) is 0 Å². The predicted molar refractivity (Wildman–Crippen MR) is 123 cm³/mol. The number of amides is 1. The molecule has 0 saturated heterocycles. The third-order valence-electron chi connectivity index (χ3n) is 5.54. The van der Waals surface area contributed by atoms with Crippen LogP contribution in [0.5, 0.6) is 0 Å². The van der Waals surface area contributed by atoms with Crippen LogP contribution >= 0.6 is 0 Å². The number of halogens is 3. The van der Waals surface area contributed by atoms with Crippen molar-refractivity contribution in [3.05, 3.63) is 88.0 Å². The number of fused-ring (bicyclic) bond motifs is 1. The molecule has 4 aromatic heterocycles. The molecule has 36 heavy (non-hydrogen) atoms. The van der Waals surface area contributed by atoms with E-state index in [-0.39, 0.29) is 22.1 Å². The average Bonchev–Trinajstić information content (AvgIpc) is 3.51. The van der Waals surface area contributed by atoms with Gasteiger partial charge in [-0.2, -0.15) is 28.5 Å². The van der Waals surface area contributed by atoms with Gasteiger partial charge in [-0.1, -0.05) is 6.07 Å². The smallest absolute Gasteiger partial charge is 0.329 e. The normalized spacial score (nSPS) is 11.7. The van der Waals surface area contributed by atoms with Gasteiger partial charge in [-0.05, 0) is 43.7 Å². The van der Waals surface area contributed by atoms with Crippen LogP contribution in [0.1, 0.15) is 27.3 Å². The largest absolute Gasteiger partial charge is 0.434 e. The highest BCUT2D eigenvalue weighted by atomic mass is 19.4. The SMILES string of the molecule is Cc1cc(NC(=O)c2cnn(-c3cccc4c(=O)[nH]ccc34)c2C(F)(F)F)c(C)nc1-n1nccn1. The van der Waals surface area contributed by atoms with Crippen LogP contribution in [0.15, 0.2) is 59.9 Å². The molecular formula is C23H17F3N8O2. The number of pyridine rings is 2. The Morgan fingerprint density at radius 3 is 2.53 bits per heavy atom. The van der Waals surface area contributed by atoms with Crippen molar-refractivity contribution in [1.82, 2.24) is 34.7 Å². The van der Waals surface area contributed by atoms with E-state index in [1.54, 1.807) is 19.9 Å². The van der Waals surface area contributed by atoms with Crippen molar-refractivity contribution >= 4 is 22.4 Å². The zero-order valence-corrected chi connectivity index (χ0v) is 18.8. The van der Waals surface area contributed by atoms with Crippen molar-refractivity contribution in [3.8, 4) is 11.5 Å². The second-order valence-corrected chi connectivity index (χ2v) is 7.90. The molecule has 13 heteroatoms. The summed E-state index contributed by atoms with van der Waals surface area (Å²) in [6.07, 6.45) is 0.218. The fourth-order valence-corrected chi connectivity index (χ4v) is 3.90. The van der Waals surface area contributed by atoms with Crippen LogP contribution in [-0.4, -0.2) is 40.6 Å². The van der Waals surface area contributed by atoms with E-state index in [0.717, 1.165) is 6.20 Å². The second kappa shape index (κ2) is 8.45. The number of carbonyl (C=O) groups excluding carboxylic acids is 1. The zero-order chi connectivity index (χ0) is 25.6. The summed E-state index contributed by atoms with van der Waals surface area (Å²) in [6, 6.07) is 7.38. The first-order valence-electron chi connectivity index (χ1n) is 10.6. The Bertz CT molecular complexity index is 1670. The second-order valence-electron chi connectivity index (χ2n) is 7.90. The standard InChI is InChI=1S/C23H17F3N8O2/c1-12-10-17(13(2)31-20(12)34-28-8-9-29-34)32-22(36)16-11-30-33(19(16)23(24,25)26)18-5-3-4-15-14(18)6-7-27-21(15)35/h3-11H,1-2H3,(H,27,35)(H,32,36). The summed E-state index contributed by atoms with van der Waals surface area (Å²) in [7, 11) is 0. The maximum atomic E-state index is 14.2. The van der Waals surface area contributed by atoms with E-state index in [4.69, 9.17) is 0 Å². The van der Waals surface area contributed by atoms with Gasteiger partial charge >= 0.3 is 6.18 Å². The number of aromatic nitrogens is 7. The number of hydrogen-bond donors (Lipinski definition) is 2. The van der Waals surface area contributed by atoms with Gasteiger partial charge in [0.2, 0.25) is 0 Å². The number of aryl methyl sites for hydroxylation is 2. The number of carbonyl (C=O) groups is 1. The molecule has 0 aliphatic heterocycles. The summed E-state index contributed by atoms with van der Waals surface area (Å²) in [5.74, 6) is -0.592. The first-order valence-corrected chi connectivity index (χ1v) is 10.6. The molecule has 0 aliphatic rings. The Balaban J connectivity index is 1.57. The summed E-state index contributed by atoms with van der Waals surface area (Å²) in [6.45, 7) is 3.31. The zero-order valence-electron chi connectivity index (χ0n) is 18.8. The van der Waals surface area contributed by atoms with E-state index in [2.05, 4.69) is 30.6 Å². The molecule has 0 bridgehead atoms. The maximum absolute atomic E-state index is 14.2. The molecule has 0 spiro atoms. The van der Waals surface area contributed by atoms with Crippen molar-refractivity contribution in [2.75, 3.05) is 5.32 Å². The molecule has 1 amide bonds. The highest BCUT2D eigenvalue weighted by Gasteiger charge is 2.41. The first-order chi connectivity index (χ1) is 17.1. The van der Waals surface area contributed by atoms with Crippen LogP contribution in [0, 0.1) is 13.8 Å². The molecule has 10 nitrogen and oxygen atoms in total. The van der Waals surface area contributed by atoms with E-state index >= 15 is 0 Å². The van der Waals surface area contributed by atoms with E-state index in [9.17, 15) is 22.8 Å². The summed E-state index contributed by atoms with van der Waals surface area (Å²) < 4.78 is 43.3. The molecule has 182 valence electrons. The maximum Gasteiger partial charge on any atom is 0.434 e. The van der Waals surface area contributed by atoms with E-state index in [1.165, 1.54) is 47.7 Å². The molecule has 0 aliphatic carbocycles. The molecule has 0 saturated carbocycles. The highest BCUT2D eigenvalue weighted by molar-refractivity contribution is 6.05. The van der Waals surface area contributed by atoms with E-state index in [0.29, 0.717) is 21.8 Å². The summed E-state index contributed by atoms with van der Waals surface area (Å²) >= 11 is 0. The summed E-state index contributed by atoms with van der Waals surface area (Å²) in [5.41, 5.74) is -1.22. The minimum atomic E-state index is -4.93. The van der Waals surface area contributed by atoms with Crippen LogP contribution in [0.2, 0.25) is 0 Å². The van der Waals surface area contributed by atoms with Gasteiger partial charge in [0.05, 0.1) is 41.2 Å². The minimum absolute atomic E-state index is 0.00902. The predicted octanol–water partition coefficient (Wildman–Crippen LogP) is 3.58. The van der Waals surface area contributed by atoms with Gasteiger partial charge in [-0.25, -0.2) is 9.67 Å². The van der Waals surface area contributed by atoms with Gasteiger partial charge in [0, 0.05) is 17.0 Å². The van der Waals surface area contributed by atoms with Crippen LogP contribution in [-0.2, 0) is 6.18 Å². The van der Waals surface area contributed by atoms with Crippen LogP contribution in [0.4, 0.5) is 18.9 Å². The quantitative estimate of drug-likeness (QED) is 0.394. The van der Waals surface area contributed by atoms with Crippen molar-refractivity contribution in [2.45, 2.75) is 20.0 Å². The Kier molecular flexibility index (Phi) is 5.39. The average molecular weight is 494 g/mol. The van der Waals surface area contributed by atoms with Gasteiger partial charge in [0.15, 0.2) is 11.5 Å². The van der Waals surface area contributed by atoms with Crippen LogP contribution in [0.3, 0.4) is 0 Å². The molecule has 5 aromatic rings. The number of anilines is 1. The summed E-state index contributed by atoms with van der Waals surface area (Å²) in [5, 5.41) is 14.9. The van der Waals surface area contributed by atoms with E-state index < -0.39 is 28.9 Å². The topological polar surface area (TPSA) is 123 Å². The number of nitrogens with one attached hydrogen (secondary N) is 2. The molecular weight excluding hydrogens is 477 g/mol. The van der Waals surface area contributed by atoms with Crippen LogP contribution in [0.25, 0.3) is 22.3 Å². The molecule has 1 aromatic carbocycles. The minimum Gasteiger partial charge on any atom is -0.329 e. The van der Waals surface area contributed by atoms with Crippen molar-refractivity contribution in [3.63, 3.8) is 0 Å². The Morgan fingerprint density at radius 2 is 1.81 bits per heavy atom. The fraction of sp³-hybridized carbons (Fsp3) is 0.130. The molecule has 0 atom stereocenters. The Labute approximate surface area is 200 Å². The van der Waals surface area contributed by atoms with Crippen LogP contribution < -0.4 is 10.9 Å². The Morgan fingerprint density at radius 1 is 1.06 bits per heavy atom. The molecule has 4 heterocycles. The van der Waals surface area contributed by atoms with Crippen molar-refractivity contribution in [2.24, 2.45) is 0 Å². The van der Waals surface area contributed by atoms with Gasteiger partial charge in [-0.15, -0.1) is 4.80 Å². The number of benzene rings is 1. The Hall–Kier alpha value is -4.81. The first kappa shape index (κ1) is 23.0. The lowest BCUT2D eigenvalue weighted by Gasteiger charge is -2.15. The molecule has 2 N–H and O–H groups in total.